The lowest BCUT2D eigenvalue weighted by Gasteiger charge is -2.11. The van der Waals surface area contributed by atoms with E-state index in [2.05, 4.69) is 10.3 Å². The third-order valence-electron chi connectivity index (χ3n) is 3.91. The van der Waals surface area contributed by atoms with Crippen molar-refractivity contribution in [1.82, 2.24) is 10.3 Å². The third-order valence-corrected chi connectivity index (χ3v) is 5.68. The number of rotatable bonds is 3. The van der Waals surface area contributed by atoms with Gasteiger partial charge in [0.25, 0.3) is 5.91 Å². The Labute approximate surface area is 132 Å². The molecule has 1 aliphatic heterocycles. The molecule has 2 N–H and O–H groups in total. The second-order valence-electron chi connectivity index (χ2n) is 5.49. The third kappa shape index (κ3) is 2.94. The summed E-state index contributed by atoms with van der Waals surface area (Å²) >= 11 is 0. The Balaban J connectivity index is 1.93. The smallest absolute Gasteiger partial charge is 0.257 e. The molecule has 2 heterocycles. The monoisotopic (exact) mass is 336 g/mol. The molecule has 1 aliphatic rings. The number of H-pyrrole nitrogens is 1. The lowest BCUT2D eigenvalue weighted by atomic mass is 10.1. The molecule has 3 rings (SSSR count). The van der Waals surface area contributed by atoms with E-state index in [1.807, 2.05) is 0 Å². The molecule has 2 aromatic rings. The van der Waals surface area contributed by atoms with E-state index in [1.54, 1.807) is 18.2 Å². The molecule has 122 valence electrons. The molecule has 8 heteroatoms. The van der Waals surface area contributed by atoms with E-state index in [4.69, 9.17) is 4.74 Å². The number of aromatic amines is 1. The van der Waals surface area contributed by atoms with Gasteiger partial charge in [0.2, 0.25) is 5.43 Å². The highest BCUT2D eigenvalue weighted by Gasteiger charge is 2.29. The van der Waals surface area contributed by atoms with Crippen molar-refractivity contribution in [2.45, 2.75) is 12.5 Å². The van der Waals surface area contributed by atoms with Crippen LogP contribution in [-0.4, -0.2) is 44.0 Å². The van der Waals surface area contributed by atoms with Gasteiger partial charge in [0.05, 0.1) is 29.5 Å². The number of nitrogens with one attached hydrogen (secondary N) is 2. The van der Waals surface area contributed by atoms with E-state index >= 15 is 0 Å². The average molecular weight is 336 g/mol. The number of hydrogen-bond donors (Lipinski definition) is 2. The number of ether oxygens (including phenoxy) is 1. The lowest BCUT2D eigenvalue weighted by molar-refractivity contribution is 0.0940. The normalized spacial score (nSPS) is 19.6. The minimum atomic E-state index is -3.09. The van der Waals surface area contributed by atoms with Gasteiger partial charge in [-0.3, -0.25) is 9.59 Å². The largest absolute Gasteiger partial charge is 0.495 e. The standard InChI is InChI=1S/C15H16N2O5S/c1-22-12-4-2-3-10-13(12)16-7-11(14(10)18)15(19)17-9-5-6-23(20,21)8-9/h2-4,7,9H,5-6,8H2,1H3,(H,16,18)(H,17,19)/t9-/m0/s1. The average Bonchev–Trinajstić information content (AvgIpc) is 2.85. The first kappa shape index (κ1) is 15.5. The lowest BCUT2D eigenvalue weighted by Crippen LogP contribution is -2.38. The van der Waals surface area contributed by atoms with Crippen LogP contribution in [0.3, 0.4) is 0 Å². The van der Waals surface area contributed by atoms with Gasteiger partial charge in [-0.25, -0.2) is 8.42 Å². The SMILES string of the molecule is COc1cccc2c(=O)c(C(=O)N[C@H]3CCS(=O)(=O)C3)c[nH]c12. The van der Waals surface area contributed by atoms with Crippen molar-refractivity contribution in [1.29, 1.82) is 0 Å². The molecule has 1 atom stereocenters. The summed E-state index contributed by atoms with van der Waals surface area (Å²) in [7, 11) is -1.60. The zero-order valence-corrected chi connectivity index (χ0v) is 13.3. The van der Waals surface area contributed by atoms with Gasteiger partial charge in [-0.2, -0.15) is 0 Å². The van der Waals surface area contributed by atoms with Crippen molar-refractivity contribution in [3.63, 3.8) is 0 Å². The van der Waals surface area contributed by atoms with Crippen LogP contribution in [0, 0.1) is 0 Å². The van der Waals surface area contributed by atoms with Gasteiger partial charge in [-0.15, -0.1) is 0 Å². The Morgan fingerprint density at radius 3 is 2.83 bits per heavy atom. The zero-order valence-electron chi connectivity index (χ0n) is 12.5. The highest BCUT2D eigenvalue weighted by Crippen LogP contribution is 2.21. The highest BCUT2D eigenvalue weighted by atomic mass is 32.2. The fraction of sp³-hybridized carbons (Fsp3) is 0.333. The van der Waals surface area contributed by atoms with E-state index < -0.39 is 27.2 Å². The number of fused-ring (bicyclic) bond motifs is 1. The van der Waals surface area contributed by atoms with E-state index in [0.29, 0.717) is 23.1 Å². The molecule has 0 spiro atoms. The molecular weight excluding hydrogens is 320 g/mol. The first-order chi connectivity index (χ1) is 10.9. The number of para-hydroxylation sites is 1. The molecule has 0 saturated carbocycles. The van der Waals surface area contributed by atoms with Crippen LogP contribution in [0.2, 0.25) is 0 Å². The Hall–Kier alpha value is -2.35. The molecule has 0 unspecified atom stereocenters. The molecule has 1 aromatic heterocycles. The molecule has 0 bridgehead atoms. The number of hydrogen-bond acceptors (Lipinski definition) is 5. The number of carbonyl (C=O) groups is 1. The summed E-state index contributed by atoms with van der Waals surface area (Å²) in [6.07, 6.45) is 1.69. The first-order valence-corrected chi connectivity index (χ1v) is 8.93. The number of methoxy groups -OCH3 is 1. The van der Waals surface area contributed by atoms with Crippen LogP contribution in [0.25, 0.3) is 10.9 Å². The van der Waals surface area contributed by atoms with E-state index in [9.17, 15) is 18.0 Å². The Kier molecular flexibility index (Phi) is 3.85. The number of pyridine rings is 1. The Morgan fingerprint density at radius 2 is 2.17 bits per heavy atom. The number of amides is 1. The highest BCUT2D eigenvalue weighted by molar-refractivity contribution is 7.91. The molecule has 1 saturated heterocycles. The quantitative estimate of drug-likeness (QED) is 0.847. The predicted octanol–water partition coefficient (Wildman–Crippen LogP) is 0.454. The van der Waals surface area contributed by atoms with Gasteiger partial charge in [0.15, 0.2) is 9.84 Å². The Morgan fingerprint density at radius 1 is 1.39 bits per heavy atom. The molecule has 0 aliphatic carbocycles. The molecule has 23 heavy (non-hydrogen) atoms. The number of aromatic nitrogens is 1. The second-order valence-corrected chi connectivity index (χ2v) is 7.72. The zero-order chi connectivity index (χ0) is 16.6. The molecule has 0 radical (unpaired) electrons. The summed E-state index contributed by atoms with van der Waals surface area (Å²) in [6, 6.07) is 4.53. The van der Waals surface area contributed by atoms with Crippen LogP contribution in [-0.2, 0) is 9.84 Å². The summed E-state index contributed by atoms with van der Waals surface area (Å²) in [5, 5.41) is 2.96. The van der Waals surface area contributed by atoms with Gasteiger partial charge in [-0.05, 0) is 18.6 Å². The molecular formula is C15H16N2O5S. The van der Waals surface area contributed by atoms with Crippen LogP contribution < -0.4 is 15.5 Å². The van der Waals surface area contributed by atoms with Gasteiger partial charge in [-0.1, -0.05) is 6.07 Å². The van der Waals surface area contributed by atoms with Gasteiger partial charge in [0.1, 0.15) is 11.3 Å². The molecule has 1 aromatic carbocycles. The van der Waals surface area contributed by atoms with Crippen molar-refractivity contribution in [2.75, 3.05) is 18.6 Å². The number of carbonyl (C=O) groups excluding carboxylic acids is 1. The van der Waals surface area contributed by atoms with Crippen molar-refractivity contribution in [3.8, 4) is 5.75 Å². The minimum Gasteiger partial charge on any atom is -0.495 e. The van der Waals surface area contributed by atoms with E-state index in [0.717, 1.165) is 0 Å². The van der Waals surface area contributed by atoms with Crippen LogP contribution in [0.4, 0.5) is 0 Å². The molecule has 1 fully saturated rings. The minimum absolute atomic E-state index is 0.0462. The van der Waals surface area contributed by atoms with Gasteiger partial charge in [0, 0.05) is 12.2 Å². The summed E-state index contributed by atoms with van der Waals surface area (Å²) in [6.45, 7) is 0. The first-order valence-electron chi connectivity index (χ1n) is 7.11. The number of sulfone groups is 1. The van der Waals surface area contributed by atoms with Crippen LogP contribution in [0.5, 0.6) is 5.75 Å². The molecule has 1 amide bonds. The van der Waals surface area contributed by atoms with Gasteiger partial charge < -0.3 is 15.0 Å². The van der Waals surface area contributed by atoms with E-state index in [1.165, 1.54) is 13.3 Å². The summed E-state index contributed by atoms with van der Waals surface area (Å²) in [5.74, 6) is -0.0899. The molecule has 7 nitrogen and oxygen atoms in total. The topological polar surface area (TPSA) is 105 Å². The predicted molar refractivity (Wildman–Crippen MR) is 85.6 cm³/mol. The second kappa shape index (κ2) is 5.69. The summed E-state index contributed by atoms with van der Waals surface area (Å²) < 4.78 is 28.1. The van der Waals surface area contributed by atoms with Crippen molar-refractivity contribution < 1.29 is 17.9 Å². The van der Waals surface area contributed by atoms with Crippen molar-refractivity contribution in [3.05, 3.63) is 40.2 Å². The fourth-order valence-electron chi connectivity index (χ4n) is 2.73. The maximum Gasteiger partial charge on any atom is 0.257 e. The van der Waals surface area contributed by atoms with Crippen molar-refractivity contribution in [2.24, 2.45) is 0 Å². The van der Waals surface area contributed by atoms with Crippen LogP contribution in [0.1, 0.15) is 16.8 Å². The Bertz CT molecular complexity index is 933. The van der Waals surface area contributed by atoms with Crippen molar-refractivity contribution >= 4 is 26.6 Å². The maximum atomic E-state index is 12.5. The van der Waals surface area contributed by atoms with Crippen LogP contribution >= 0.6 is 0 Å². The van der Waals surface area contributed by atoms with Gasteiger partial charge >= 0.3 is 0 Å². The van der Waals surface area contributed by atoms with E-state index in [-0.39, 0.29) is 17.1 Å². The summed E-state index contributed by atoms with van der Waals surface area (Å²) in [5.41, 5.74) is 0.0473. The fourth-order valence-corrected chi connectivity index (χ4v) is 4.41. The summed E-state index contributed by atoms with van der Waals surface area (Å²) in [4.78, 5) is 27.7. The van der Waals surface area contributed by atoms with Crippen LogP contribution in [0.15, 0.2) is 29.2 Å². The number of benzene rings is 1. The maximum absolute atomic E-state index is 12.5.